The van der Waals surface area contributed by atoms with Crippen molar-refractivity contribution in [1.82, 2.24) is 9.97 Å². The Kier molecular flexibility index (Phi) is 5.96. The molecule has 4 heteroatoms. The van der Waals surface area contributed by atoms with Crippen LogP contribution in [0.25, 0.3) is 31.9 Å². The Morgan fingerprint density at radius 2 is 1.45 bits per heavy atom. The Bertz CT molecular complexity index is 1210. The van der Waals surface area contributed by atoms with Crippen LogP contribution in [-0.4, -0.2) is 9.97 Å². The van der Waals surface area contributed by atoms with E-state index in [2.05, 4.69) is 30.3 Å². The van der Waals surface area contributed by atoms with Crippen molar-refractivity contribution in [2.24, 2.45) is 0 Å². The van der Waals surface area contributed by atoms with Crippen LogP contribution in [0.4, 0.5) is 0 Å². The number of nitrogens with zero attached hydrogens (tertiary/aromatic N) is 2. The number of benzene rings is 2. The topological polar surface area (TPSA) is 25.8 Å². The van der Waals surface area contributed by atoms with Crippen LogP contribution in [0.1, 0.15) is 11.4 Å². The van der Waals surface area contributed by atoms with E-state index in [1.165, 1.54) is 4.70 Å². The first-order valence-corrected chi connectivity index (χ1v) is 9.84. The second-order valence-electron chi connectivity index (χ2n) is 6.37. The van der Waals surface area contributed by atoms with Gasteiger partial charge in [0.1, 0.15) is 0 Å². The van der Waals surface area contributed by atoms with Crippen molar-refractivity contribution < 1.29 is 20.1 Å². The molecule has 5 aromatic rings. The van der Waals surface area contributed by atoms with Gasteiger partial charge in [0.2, 0.25) is 0 Å². The van der Waals surface area contributed by atoms with Gasteiger partial charge in [-0.05, 0) is 27.4 Å². The Morgan fingerprint density at radius 3 is 2.21 bits per heavy atom. The quantitative estimate of drug-likeness (QED) is 0.241. The summed E-state index contributed by atoms with van der Waals surface area (Å²) in [5.74, 6) is 0. The molecule has 142 valence electrons. The maximum absolute atomic E-state index is 4.81. The van der Waals surface area contributed by atoms with Crippen molar-refractivity contribution in [3.8, 4) is 21.8 Å². The molecule has 0 aliphatic carbocycles. The van der Waals surface area contributed by atoms with Crippen LogP contribution in [-0.2, 0) is 20.1 Å². The number of fused-ring (bicyclic) bond motifs is 1. The van der Waals surface area contributed by atoms with Crippen LogP contribution in [0.2, 0.25) is 0 Å². The Labute approximate surface area is 187 Å². The number of hydrogen-bond donors (Lipinski definition) is 0. The third-order valence-electron chi connectivity index (χ3n) is 4.40. The minimum Gasteiger partial charge on any atom is -0.301 e. The summed E-state index contributed by atoms with van der Waals surface area (Å²) in [6, 6.07) is 34.9. The third kappa shape index (κ3) is 4.35. The molecular weight excluding hydrogens is 553 g/mol. The van der Waals surface area contributed by atoms with Crippen LogP contribution >= 0.6 is 11.3 Å². The minimum atomic E-state index is 0. The molecule has 3 aromatic heterocycles. The zero-order valence-electron chi connectivity index (χ0n) is 15.3. The second kappa shape index (κ2) is 8.79. The first-order valence-electron chi connectivity index (χ1n) is 9.02. The number of aromatic nitrogens is 2. The van der Waals surface area contributed by atoms with Crippen LogP contribution < -0.4 is 0 Å². The molecule has 2 nitrogen and oxygen atoms in total. The summed E-state index contributed by atoms with van der Waals surface area (Å²) >= 11 is 1.71. The van der Waals surface area contributed by atoms with Gasteiger partial charge in [-0.2, -0.15) is 0 Å². The molecule has 2 aromatic carbocycles. The van der Waals surface area contributed by atoms with Crippen molar-refractivity contribution in [1.29, 1.82) is 0 Å². The molecule has 0 N–H and O–H groups in total. The van der Waals surface area contributed by atoms with Gasteiger partial charge in [-0.1, -0.05) is 36.4 Å². The maximum atomic E-state index is 4.81. The normalized spacial score (nSPS) is 10.6. The van der Waals surface area contributed by atoms with E-state index < -0.39 is 0 Å². The molecule has 0 unspecified atom stereocenters. The molecule has 0 aliphatic heterocycles. The fraction of sp³-hybridized carbons (Fsp3) is 0. The molecule has 0 spiro atoms. The average molecular weight is 568 g/mol. The maximum Gasteiger partial charge on any atom is 0.0556 e. The molecular formula is C25H15IrN2S-2. The molecule has 0 atom stereocenters. The molecule has 0 aliphatic rings. The standard InChI is InChI=1S/C25H15N2S.Ir/c1-2-8-18(9-3-1)22-13-6-11-20(26-22)17-21-12-7-14-23(27-21)25-16-19-10-4-5-15-24(19)28-25;/h1-8,10-15,17H;/q-2;. The first-order chi connectivity index (χ1) is 13.8. The van der Waals surface area contributed by atoms with Gasteiger partial charge < -0.3 is 4.98 Å². The molecule has 0 amide bonds. The van der Waals surface area contributed by atoms with E-state index in [4.69, 9.17) is 9.97 Å². The van der Waals surface area contributed by atoms with E-state index in [0.717, 1.165) is 38.6 Å². The number of thiophene rings is 1. The van der Waals surface area contributed by atoms with Gasteiger partial charge in [0.05, 0.1) is 6.42 Å². The van der Waals surface area contributed by atoms with E-state index in [9.17, 15) is 0 Å². The van der Waals surface area contributed by atoms with Gasteiger partial charge in [0.15, 0.2) is 0 Å². The van der Waals surface area contributed by atoms with Crippen molar-refractivity contribution >= 4 is 21.4 Å². The predicted molar refractivity (Wildman–Crippen MR) is 115 cm³/mol. The van der Waals surface area contributed by atoms with Gasteiger partial charge in [-0.15, -0.1) is 59.5 Å². The fourth-order valence-electron chi connectivity index (χ4n) is 3.08. The minimum absolute atomic E-state index is 0. The molecule has 0 fully saturated rings. The Hall–Kier alpha value is -2.65. The molecule has 0 saturated heterocycles. The zero-order valence-corrected chi connectivity index (χ0v) is 18.5. The van der Waals surface area contributed by atoms with Crippen LogP contribution in [0.5, 0.6) is 0 Å². The van der Waals surface area contributed by atoms with Gasteiger partial charge in [-0.3, -0.25) is 4.98 Å². The summed E-state index contributed by atoms with van der Waals surface area (Å²) in [5.41, 5.74) is 4.58. The molecule has 0 saturated carbocycles. The van der Waals surface area contributed by atoms with Crippen molar-refractivity contribution in [3.05, 3.63) is 115 Å². The van der Waals surface area contributed by atoms with E-state index in [0.29, 0.717) is 0 Å². The van der Waals surface area contributed by atoms with Crippen LogP contribution in [0.3, 0.4) is 0 Å². The molecule has 5 rings (SSSR count). The summed E-state index contributed by atoms with van der Waals surface area (Å²) in [4.78, 5) is 10.6. The van der Waals surface area contributed by atoms with Gasteiger partial charge in [-0.25, -0.2) is 11.3 Å². The molecule has 2 radical (unpaired) electrons. The van der Waals surface area contributed by atoms with Gasteiger partial charge >= 0.3 is 0 Å². The van der Waals surface area contributed by atoms with Gasteiger partial charge in [0, 0.05) is 37.2 Å². The van der Waals surface area contributed by atoms with E-state index in [1.807, 2.05) is 73.2 Å². The van der Waals surface area contributed by atoms with E-state index >= 15 is 0 Å². The summed E-state index contributed by atoms with van der Waals surface area (Å²) < 4.78 is 1.22. The predicted octanol–water partition coefficient (Wildman–Crippen LogP) is 6.22. The summed E-state index contributed by atoms with van der Waals surface area (Å²) in [6.45, 7) is 0. The third-order valence-corrected chi connectivity index (χ3v) is 5.49. The van der Waals surface area contributed by atoms with E-state index in [-0.39, 0.29) is 20.1 Å². The summed E-state index contributed by atoms with van der Waals surface area (Å²) in [6.07, 6.45) is 2.00. The Morgan fingerprint density at radius 1 is 0.724 bits per heavy atom. The van der Waals surface area contributed by atoms with Gasteiger partial charge in [0.25, 0.3) is 0 Å². The number of pyridine rings is 2. The van der Waals surface area contributed by atoms with Crippen LogP contribution in [0.15, 0.2) is 84.9 Å². The Balaban J connectivity index is 0.00000205. The molecule has 3 heterocycles. The average Bonchev–Trinajstić information content (AvgIpc) is 3.19. The van der Waals surface area contributed by atoms with Crippen LogP contribution in [0, 0.1) is 18.6 Å². The van der Waals surface area contributed by atoms with E-state index in [1.54, 1.807) is 11.3 Å². The largest absolute Gasteiger partial charge is 0.301 e. The molecule has 0 bridgehead atoms. The van der Waals surface area contributed by atoms with Crippen molar-refractivity contribution in [2.45, 2.75) is 0 Å². The second-order valence-corrected chi connectivity index (χ2v) is 7.42. The fourth-order valence-corrected chi connectivity index (χ4v) is 4.05. The smallest absolute Gasteiger partial charge is 0.0556 e. The number of hydrogen-bond acceptors (Lipinski definition) is 3. The van der Waals surface area contributed by atoms with Crippen molar-refractivity contribution in [2.75, 3.05) is 0 Å². The SMILES string of the molecule is [Ir].[c-]1ccccc1-c1cccc([CH]c2cccc(-c3[c-]c4ccccc4s3)n2)n1. The monoisotopic (exact) mass is 568 g/mol. The molecule has 29 heavy (non-hydrogen) atoms. The summed E-state index contributed by atoms with van der Waals surface area (Å²) in [7, 11) is 0. The zero-order chi connectivity index (χ0) is 18.8. The first kappa shape index (κ1) is 19.7. The number of rotatable bonds is 4. The summed E-state index contributed by atoms with van der Waals surface area (Å²) in [5, 5.41) is 1.13. The van der Waals surface area contributed by atoms with Crippen molar-refractivity contribution in [3.63, 3.8) is 0 Å².